The second-order valence-electron chi connectivity index (χ2n) is 6.91. The summed E-state index contributed by atoms with van der Waals surface area (Å²) in [4.78, 5) is 38.4. The highest BCUT2D eigenvalue weighted by molar-refractivity contribution is 6.07. The predicted octanol–water partition coefficient (Wildman–Crippen LogP) is 2.18. The van der Waals surface area contributed by atoms with Crippen LogP contribution in [0.25, 0.3) is 0 Å². The Morgan fingerprint density at radius 3 is 2.15 bits per heavy atom. The van der Waals surface area contributed by atoms with Crippen LogP contribution in [0.1, 0.15) is 32.6 Å². The number of hydrogen-bond acceptors (Lipinski definition) is 6. The van der Waals surface area contributed by atoms with Gasteiger partial charge in [-0.2, -0.15) is 0 Å². The molecular formula is C20H25NO6. The van der Waals surface area contributed by atoms with Crippen LogP contribution in [-0.4, -0.2) is 49.0 Å². The van der Waals surface area contributed by atoms with E-state index in [1.165, 1.54) is 0 Å². The van der Waals surface area contributed by atoms with Crippen LogP contribution >= 0.6 is 0 Å². The van der Waals surface area contributed by atoms with E-state index in [4.69, 9.17) is 14.2 Å². The SMILES string of the molecule is COc1ccc(OCCOC(=O)[C@H](C)N2C(=O)[C@H]3CCCC[C@H]3C2=O)cc1. The molecule has 1 heterocycles. The van der Waals surface area contributed by atoms with Gasteiger partial charge >= 0.3 is 5.97 Å². The molecule has 3 rings (SSSR count). The normalized spacial score (nSPS) is 23.0. The monoisotopic (exact) mass is 375 g/mol. The molecule has 7 heteroatoms. The molecule has 7 nitrogen and oxygen atoms in total. The third kappa shape index (κ3) is 4.07. The molecule has 3 atom stereocenters. The van der Waals surface area contributed by atoms with Crippen molar-refractivity contribution in [2.75, 3.05) is 20.3 Å². The lowest BCUT2D eigenvalue weighted by Gasteiger charge is -2.21. The summed E-state index contributed by atoms with van der Waals surface area (Å²) in [7, 11) is 1.58. The highest BCUT2D eigenvalue weighted by Crippen LogP contribution is 2.38. The standard InChI is InChI=1S/C20H25NO6/c1-13(21-18(22)16-5-3-4-6-17(16)19(21)23)20(24)27-12-11-26-15-9-7-14(25-2)8-10-15/h7-10,13,16-17H,3-6,11-12H2,1-2H3/t13-,16-,17+/m0/s1. The lowest BCUT2D eigenvalue weighted by Crippen LogP contribution is -2.44. The summed E-state index contributed by atoms with van der Waals surface area (Å²) in [5.74, 6) is -0.224. The molecular weight excluding hydrogens is 350 g/mol. The van der Waals surface area contributed by atoms with Crippen molar-refractivity contribution in [1.82, 2.24) is 4.90 Å². The molecule has 27 heavy (non-hydrogen) atoms. The highest BCUT2D eigenvalue weighted by Gasteiger charge is 2.51. The molecule has 0 aromatic heterocycles. The van der Waals surface area contributed by atoms with Gasteiger partial charge in [-0.05, 0) is 44.0 Å². The zero-order chi connectivity index (χ0) is 19.4. The van der Waals surface area contributed by atoms with Crippen LogP contribution in [0.15, 0.2) is 24.3 Å². The Morgan fingerprint density at radius 1 is 1.04 bits per heavy atom. The number of benzene rings is 1. The first-order valence-corrected chi connectivity index (χ1v) is 9.33. The van der Waals surface area contributed by atoms with Crippen LogP contribution in [0.2, 0.25) is 0 Å². The van der Waals surface area contributed by atoms with Crippen molar-refractivity contribution in [3.8, 4) is 11.5 Å². The van der Waals surface area contributed by atoms with Crippen molar-refractivity contribution < 1.29 is 28.6 Å². The third-order valence-electron chi connectivity index (χ3n) is 5.26. The van der Waals surface area contributed by atoms with E-state index < -0.39 is 12.0 Å². The molecule has 1 aromatic carbocycles. The van der Waals surface area contributed by atoms with Crippen molar-refractivity contribution in [1.29, 1.82) is 0 Å². The maximum absolute atomic E-state index is 12.5. The largest absolute Gasteiger partial charge is 0.497 e. The molecule has 2 amide bonds. The summed E-state index contributed by atoms with van der Waals surface area (Å²) in [6.45, 7) is 1.76. The van der Waals surface area contributed by atoms with Gasteiger partial charge in [-0.25, -0.2) is 4.79 Å². The van der Waals surface area contributed by atoms with E-state index in [2.05, 4.69) is 0 Å². The van der Waals surface area contributed by atoms with Crippen LogP contribution in [0.3, 0.4) is 0 Å². The van der Waals surface area contributed by atoms with Crippen molar-refractivity contribution >= 4 is 17.8 Å². The average molecular weight is 375 g/mol. The third-order valence-corrected chi connectivity index (χ3v) is 5.26. The second-order valence-corrected chi connectivity index (χ2v) is 6.91. The van der Waals surface area contributed by atoms with E-state index in [0.29, 0.717) is 5.75 Å². The number of esters is 1. The molecule has 1 aliphatic carbocycles. The van der Waals surface area contributed by atoms with Crippen LogP contribution in [0, 0.1) is 11.8 Å². The quantitative estimate of drug-likeness (QED) is 0.413. The Balaban J connectivity index is 1.47. The van der Waals surface area contributed by atoms with Crippen LogP contribution in [0.5, 0.6) is 11.5 Å². The Bertz CT molecular complexity index is 677. The number of hydrogen-bond donors (Lipinski definition) is 0. The maximum atomic E-state index is 12.5. The molecule has 0 spiro atoms. The number of ether oxygens (including phenoxy) is 3. The number of carbonyl (C=O) groups is 3. The molecule has 0 unspecified atom stereocenters. The van der Waals surface area contributed by atoms with Gasteiger partial charge in [-0.15, -0.1) is 0 Å². The molecule has 0 bridgehead atoms. The molecule has 1 aromatic rings. The Hall–Kier alpha value is -2.57. The molecule has 0 N–H and O–H groups in total. The first-order valence-electron chi connectivity index (χ1n) is 9.33. The van der Waals surface area contributed by atoms with E-state index in [9.17, 15) is 14.4 Å². The smallest absolute Gasteiger partial charge is 0.329 e. The Labute approximate surface area is 158 Å². The van der Waals surface area contributed by atoms with Gasteiger partial charge in [0.2, 0.25) is 11.8 Å². The van der Waals surface area contributed by atoms with E-state index in [1.54, 1.807) is 38.3 Å². The summed E-state index contributed by atoms with van der Waals surface area (Å²) in [5.41, 5.74) is 0. The summed E-state index contributed by atoms with van der Waals surface area (Å²) in [5, 5.41) is 0. The molecule has 1 aliphatic heterocycles. The number of fused-ring (bicyclic) bond motifs is 1. The fraction of sp³-hybridized carbons (Fsp3) is 0.550. The van der Waals surface area contributed by atoms with Gasteiger partial charge in [0.05, 0.1) is 18.9 Å². The summed E-state index contributed by atoms with van der Waals surface area (Å²) in [6.07, 6.45) is 3.36. The highest BCUT2D eigenvalue weighted by atomic mass is 16.6. The molecule has 2 fully saturated rings. The minimum absolute atomic E-state index is 0.0400. The van der Waals surface area contributed by atoms with E-state index >= 15 is 0 Å². The van der Waals surface area contributed by atoms with Crippen molar-refractivity contribution in [2.24, 2.45) is 11.8 Å². The molecule has 1 saturated carbocycles. The van der Waals surface area contributed by atoms with Gasteiger partial charge in [0.25, 0.3) is 0 Å². The van der Waals surface area contributed by atoms with Crippen LogP contribution in [-0.2, 0) is 19.1 Å². The Kier molecular flexibility index (Phi) is 5.98. The number of imide groups is 1. The number of amides is 2. The zero-order valence-corrected chi connectivity index (χ0v) is 15.7. The lowest BCUT2D eigenvalue weighted by atomic mass is 9.81. The number of carbonyl (C=O) groups excluding carboxylic acids is 3. The van der Waals surface area contributed by atoms with E-state index in [-0.39, 0.29) is 36.9 Å². The first kappa shape index (κ1) is 19.2. The predicted molar refractivity (Wildman–Crippen MR) is 96.2 cm³/mol. The summed E-state index contributed by atoms with van der Waals surface area (Å²) < 4.78 is 15.8. The minimum Gasteiger partial charge on any atom is -0.497 e. The fourth-order valence-corrected chi connectivity index (χ4v) is 3.77. The van der Waals surface area contributed by atoms with Gasteiger partial charge in [0, 0.05) is 0 Å². The van der Waals surface area contributed by atoms with Crippen molar-refractivity contribution in [2.45, 2.75) is 38.6 Å². The molecule has 1 saturated heterocycles. The number of nitrogens with zero attached hydrogens (tertiary/aromatic N) is 1. The summed E-state index contributed by atoms with van der Waals surface area (Å²) >= 11 is 0. The van der Waals surface area contributed by atoms with Crippen LogP contribution in [0.4, 0.5) is 0 Å². The molecule has 146 valence electrons. The van der Waals surface area contributed by atoms with Gasteiger partial charge < -0.3 is 14.2 Å². The average Bonchev–Trinajstić information content (AvgIpc) is 2.95. The van der Waals surface area contributed by atoms with Crippen molar-refractivity contribution in [3.05, 3.63) is 24.3 Å². The number of methoxy groups -OCH3 is 1. The lowest BCUT2D eigenvalue weighted by molar-refractivity contribution is -0.158. The van der Waals surface area contributed by atoms with E-state index in [0.717, 1.165) is 36.3 Å². The minimum atomic E-state index is -0.906. The molecule has 2 aliphatic rings. The zero-order valence-electron chi connectivity index (χ0n) is 15.7. The Morgan fingerprint density at radius 2 is 1.59 bits per heavy atom. The first-order chi connectivity index (χ1) is 13.0. The number of rotatable bonds is 7. The van der Waals surface area contributed by atoms with Crippen LogP contribution < -0.4 is 9.47 Å². The molecule has 0 radical (unpaired) electrons. The topological polar surface area (TPSA) is 82.1 Å². The van der Waals surface area contributed by atoms with Gasteiger partial charge in [-0.3, -0.25) is 14.5 Å². The summed E-state index contributed by atoms with van der Waals surface area (Å²) in [6, 6.07) is 6.15. The maximum Gasteiger partial charge on any atom is 0.329 e. The van der Waals surface area contributed by atoms with E-state index in [1.807, 2.05) is 0 Å². The number of likely N-dealkylation sites (tertiary alicyclic amines) is 1. The van der Waals surface area contributed by atoms with Gasteiger partial charge in [0.15, 0.2) is 0 Å². The van der Waals surface area contributed by atoms with Crippen molar-refractivity contribution in [3.63, 3.8) is 0 Å². The van der Waals surface area contributed by atoms with Gasteiger partial charge in [0.1, 0.15) is 30.8 Å². The van der Waals surface area contributed by atoms with Gasteiger partial charge in [-0.1, -0.05) is 12.8 Å². The fourth-order valence-electron chi connectivity index (χ4n) is 3.77. The second kappa shape index (κ2) is 8.41.